The topological polar surface area (TPSA) is 62.7 Å². The second-order valence-corrected chi connectivity index (χ2v) is 9.09. The van der Waals surface area contributed by atoms with Crippen molar-refractivity contribution in [1.82, 2.24) is 9.88 Å². The molecule has 1 aromatic heterocycles. The Hall–Kier alpha value is -1.34. The molecule has 0 unspecified atom stereocenters. The SMILES string of the molecule is CS(=O)(=O)CCCN1CC[C@H](Oc2cccnc2N2CCCC2)C1. The van der Waals surface area contributed by atoms with E-state index in [4.69, 9.17) is 4.74 Å². The summed E-state index contributed by atoms with van der Waals surface area (Å²) in [7, 11) is -2.86. The maximum Gasteiger partial charge on any atom is 0.171 e. The first-order chi connectivity index (χ1) is 11.5. The van der Waals surface area contributed by atoms with Crippen LogP contribution in [-0.4, -0.2) is 69.1 Å². The van der Waals surface area contributed by atoms with Gasteiger partial charge in [-0.25, -0.2) is 13.4 Å². The zero-order valence-corrected chi connectivity index (χ0v) is 15.2. The lowest BCUT2D eigenvalue weighted by atomic mass is 10.3. The Labute approximate surface area is 144 Å². The molecule has 3 heterocycles. The van der Waals surface area contributed by atoms with Crippen LogP contribution in [0.1, 0.15) is 25.7 Å². The highest BCUT2D eigenvalue weighted by Crippen LogP contribution is 2.30. The van der Waals surface area contributed by atoms with Gasteiger partial charge in [0.25, 0.3) is 0 Å². The summed E-state index contributed by atoms with van der Waals surface area (Å²) in [5, 5.41) is 0. The van der Waals surface area contributed by atoms with Crippen LogP contribution in [0.5, 0.6) is 5.75 Å². The first-order valence-electron chi connectivity index (χ1n) is 8.78. The molecule has 0 amide bonds. The predicted octanol–water partition coefficient (Wildman–Crippen LogP) is 1.57. The second kappa shape index (κ2) is 7.70. The lowest BCUT2D eigenvalue weighted by Gasteiger charge is -2.22. The van der Waals surface area contributed by atoms with Gasteiger partial charge in [0.1, 0.15) is 15.9 Å². The van der Waals surface area contributed by atoms with Crippen LogP contribution in [0.25, 0.3) is 0 Å². The van der Waals surface area contributed by atoms with Crippen LogP contribution in [0, 0.1) is 0 Å². The van der Waals surface area contributed by atoms with Crippen LogP contribution >= 0.6 is 0 Å². The predicted molar refractivity (Wildman–Crippen MR) is 95.5 cm³/mol. The molecule has 134 valence electrons. The Morgan fingerprint density at radius 1 is 1.29 bits per heavy atom. The van der Waals surface area contributed by atoms with E-state index in [1.165, 1.54) is 19.1 Å². The molecule has 3 rings (SSSR count). The minimum absolute atomic E-state index is 0.161. The van der Waals surface area contributed by atoms with Crippen molar-refractivity contribution in [3.8, 4) is 5.75 Å². The van der Waals surface area contributed by atoms with E-state index in [1.807, 2.05) is 18.3 Å². The maximum absolute atomic E-state index is 11.2. The fourth-order valence-corrected chi connectivity index (χ4v) is 4.12. The van der Waals surface area contributed by atoms with E-state index < -0.39 is 9.84 Å². The van der Waals surface area contributed by atoms with Gasteiger partial charge in [0, 0.05) is 38.6 Å². The Balaban J connectivity index is 1.52. The Morgan fingerprint density at radius 2 is 2.08 bits per heavy atom. The van der Waals surface area contributed by atoms with Gasteiger partial charge < -0.3 is 9.64 Å². The van der Waals surface area contributed by atoms with Crippen LogP contribution in [0.15, 0.2) is 18.3 Å². The number of nitrogens with zero attached hydrogens (tertiary/aromatic N) is 3. The third-order valence-corrected chi connectivity index (χ3v) is 5.70. The fraction of sp³-hybridized carbons (Fsp3) is 0.706. The molecule has 0 spiro atoms. The van der Waals surface area contributed by atoms with Crippen molar-refractivity contribution < 1.29 is 13.2 Å². The number of sulfone groups is 1. The van der Waals surface area contributed by atoms with Gasteiger partial charge in [-0.05, 0) is 44.4 Å². The largest absolute Gasteiger partial charge is 0.485 e. The van der Waals surface area contributed by atoms with Gasteiger partial charge in [0.15, 0.2) is 11.6 Å². The number of hydrogen-bond acceptors (Lipinski definition) is 6. The van der Waals surface area contributed by atoms with Crippen molar-refractivity contribution in [3.63, 3.8) is 0 Å². The standard InChI is InChI=1S/C17H27N3O3S/c1-24(21,22)13-5-9-19-12-7-15(14-19)23-16-6-4-8-18-17(16)20-10-2-3-11-20/h4,6,8,15H,2-3,5,7,9-14H2,1H3/t15-/m0/s1. The van der Waals surface area contributed by atoms with Gasteiger partial charge in [-0.15, -0.1) is 0 Å². The van der Waals surface area contributed by atoms with Crippen molar-refractivity contribution in [1.29, 1.82) is 0 Å². The van der Waals surface area contributed by atoms with Crippen LogP contribution in [0.4, 0.5) is 5.82 Å². The summed E-state index contributed by atoms with van der Waals surface area (Å²) in [4.78, 5) is 9.11. The molecule has 0 aliphatic carbocycles. The van der Waals surface area contributed by atoms with Gasteiger partial charge >= 0.3 is 0 Å². The van der Waals surface area contributed by atoms with E-state index in [1.54, 1.807) is 0 Å². The van der Waals surface area contributed by atoms with Gasteiger partial charge in [-0.2, -0.15) is 0 Å². The molecule has 0 radical (unpaired) electrons. The molecular weight excluding hydrogens is 326 g/mol. The minimum atomic E-state index is -2.86. The van der Waals surface area contributed by atoms with Crippen LogP contribution in [0.2, 0.25) is 0 Å². The van der Waals surface area contributed by atoms with Crippen LogP contribution < -0.4 is 9.64 Å². The first-order valence-corrected chi connectivity index (χ1v) is 10.8. The van der Waals surface area contributed by atoms with Crippen LogP contribution in [0.3, 0.4) is 0 Å². The highest BCUT2D eigenvalue weighted by molar-refractivity contribution is 7.90. The summed E-state index contributed by atoms with van der Waals surface area (Å²) >= 11 is 0. The Morgan fingerprint density at radius 3 is 2.83 bits per heavy atom. The normalized spacial score (nSPS) is 22.2. The van der Waals surface area contributed by atoms with Gasteiger partial charge in [0.2, 0.25) is 0 Å². The maximum atomic E-state index is 11.2. The summed E-state index contributed by atoms with van der Waals surface area (Å²) in [6.45, 7) is 4.75. The average Bonchev–Trinajstić information content (AvgIpc) is 3.18. The molecule has 6 nitrogen and oxygen atoms in total. The van der Waals surface area contributed by atoms with E-state index >= 15 is 0 Å². The molecule has 1 aromatic rings. The van der Waals surface area contributed by atoms with E-state index in [2.05, 4.69) is 14.8 Å². The molecule has 0 N–H and O–H groups in total. The van der Waals surface area contributed by atoms with Crippen molar-refractivity contribution in [3.05, 3.63) is 18.3 Å². The Bertz CT molecular complexity index is 644. The monoisotopic (exact) mass is 353 g/mol. The summed E-state index contributed by atoms with van der Waals surface area (Å²) in [6.07, 6.45) is 7.39. The summed E-state index contributed by atoms with van der Waals surface area (Å²) in [5.74, 6) is 2.10. The lowest BCUT2D eigenvalue weighted by Crippen LogP contribution is -2.27. The van der Waals surface area contributed by atoms with Crippen molar-refractivity contribution in [2.24, 2.45) is 0 Å². The van der Waals surface area contributed by atoms with E-state index in [9.17, 15) is 8.42 Å². The third kappa shape index (κ3) is 4.83. The third-order valence-electron chi connectivity index (χ3n) is 4.67. The Kier molecular flexibility index (Phi) is 5.61. The number of aromatic nitrogens is 1. The molecule has 2 saturated heterocycles. The molecule has 2 fully saturated rings. The van der Waals surface area contributed by atoms with Gasteiger partial charge in [-0.1, -0.05) is 0 Å². The molecule has 2 aliphatic heterocycles. The van der Waals surface area contributed by atoms with Crippen LogP contribution in [-0.2, 0) is 9.84 Å². The highest BCUT2D eigenvalue weighted by atomic mass is 32.2. The average molecular weight is 353 g/mol. The highest BCUT2D eigenvalue weighted by Gasteiger charge is 2.26. The zero-order chi connectivity index (χ0) is 17.0. The number of pyridine rings is 1. The molecule has 24 heavy (non-hydrogen) atoms. The second-order valence-electron chi connectivity index (χ2n) is 6.83. The lowest BCUT2D eigenvalue weighted by molar-refractivity contribution is 0.200. The van der Waals surface area contributed by atoms with Gasteiger partial charge in [0.05, 0.1) is 5.75 Å². The summed E-state index contributed by atoms with van der Waals surface area (Å²) in [6, 6.07) is 3.93. The zero-order valence-electron chi connectivity index (χ0n) is 14.4. The smallest absolute Gasteiger partial charge is 0.171 e. The van der Waals surface area contributed by atoms with Gasteiger partial charge in [-0.3, -0.25) is 4.90 Å². The van der Waals surface area contributed by atoms with E-state index in [-0.39, 0.29) is 11.9 Å². The van der Waals surface area contributed by atoms with Crippen molar-refractivity contribution in [2.75, 3.05) is 49.6 Å². The number of anilines is 1. The number of rotatable bonds is 7. The molecular formula is C17H27N3O3S. The minimum Gasteiger partial charge on any atom is -0.485 e. The first kappa shape index (κ1) is 17.5. The molecule has 1 atom stereocenters. The quantitative estimate of drug-likeness (QED) is 0.741. The van der Waals surface area contributed by atoms with Crippen molar-refractivity contribution >= 4 is 15.7 Å². The summed E-state index contributed by atoms with van der Waals surface area (Å²) in [5.41, 5.74) is 0. The van der Waals surface area contributed by atoms with E-state index in [0.29, 0.717) is 6.42 Å². The molecule has 2 aliphatic rings. The molecule has 7 heteroatoms. The molecule has 0 saturated carbocycles. The number of likely N-dealkylation sites (tertiary alicyclic amines) is 1. The summed E-state index contributed by atoms with van der Waals surface area (Å²) < 4.78 is 28.7. The fourth-order valence-electron chi connectivity index (χ4n) is 3.47. The number of ether oxygens (including phenoxy) is 1. The molecule has 0 bridgehead atoms. The van der Waals surface area contributed by atoms with E-state index in [0.717, 1.165) is 50.7 Å². The van der Waals surface area contributed by atoms with Crippen molar-refractivity contribution in [2.45, 2.75) is 31.8 Å². The number of hydrogen-bond donors (Lipinski definition) is 0. The molecule has 0 aromatic carbocycles.